The van der Waals surface area contributed by atoms with Crippen LogP contribution in [0.2, 0.25) is 0 Å². The van der Waals surface area contributed by atoms with E-state index in [0.717, 1.165) is 36.0 Å². The molecule has 0 unspecified atom stereocenters. The lowest BCUT2D eigenvalue weighted by atomic mass is 9.68. The summed E-state index contributed by atoms with van der Waals surface area (Å²) in [5.74, 6) is 2.36. The van der Waals surface area contributed by atoms with Crippen LogP contribution in [0.5, 0.6) is 0 Å². The monoisotopic (exact) mass is 369 g/mol. The van der Waals surface area contributed by atoms with Crippen LogP contribution in [0.15, 0.2) is 16.2 Å². The van der Waals surface area contributed by atoms with Gasteiger partial charge in [-0.3, -0.25) is 9.69 Å². The first-order chi connectivity index (χ1) is 13.1. The Bertz CT molecular complexity index is 748. The van der Waals surface area contributed by atoms with Gasteiger partial charge in [0.2, 0.25) is 5.91 Å². The molecule has 1 aromatic heterocycles. The van der Waals surface area contributed by atoms with Gasteiger partial charge >= 0.3 is 0 Å². The summed E-state index contributed by atoms with van der Waals surface area (Å²) in [6.45, 7) is 7.17. The van der Waals surface area contributed by atoms with Crippen molar-refractivity contribution in [2.45, 2.75) is 70.9 Å². The molecule has 5 heteroatoms. The molecule has 0 spiro atoms. The second kappa shape index (κ2) is 6.77. The van der Waals surface area contributed by atoms with Gasteiger partial charge in [-0.1, -0.05) is 23.2 Å². The highest BCUT2D eigenvalue weighted by Gasteiger charge is 2.46. The molecule has 27 heavy (non-hydrogen) atoms. The fourth-order valence-electron chi connectivity index (χ4n) is 6.26. The Balaban J connectivity index is 1.40. The van der Waals surface area contributed by atoms with Crippen molar-refractivity contribution in [3.8, 4) is 0 Å². The second-order valence-electron chi connectivity index (χ2n) is 9.07. The summed E-state index contributed by atoms with van der Waals surface area (Å²) in [6, 6.07) is 1.09. The number of aromatic nitrogens is 1. The van der Waals surface area contributed by atoms with E-state index in [4.69, 9.17) is 4.52 Å². The number of hydrogen-bond acceptors (Lipinski definition) is 4. The number of carbonyl (C=O) groups excluding carboxylic acids is 1. The first-order valence-corrected chi connectivity index (χ1v) is 10.8. The predicted octanol–water partition coefficient (Wildman–Crippen LogP) is 3.26. The van der Waals surface area contributed by atoms with Crippen LogP contribution in [0.4, 0.5) is 0 Å². The van der Waals surface area contributed by atoms with Gasteiger partial charge in [-0.25, -0.2) is 0 Å². The van der Waals surface area contributed by atoms with Crippen molar-refractivity contribution < 1.29 is 9.32 Å². The molecule has 5 nitrogen and oxygen atoms in total. The van der Waals surface area contributed by atoms with Crippen molar-refractivity contribution in [3.05, 3.63) is 28.7 Å². The summed E-state index contributed by atoms with van der Waals surface area (Å²) >= 11 is 0. The van der Waals surface area contributed by atoms with Gasteiger partial charge in [-0.05, 0) is 64.3 Å². The van der Waals surface area contributed by atoms with Crippen LogP contribution in [0.1, 0.15) is 55.5 Å². The standard InChI is InChI=1S/C22H31N3O2/c1-14-19(15(2)27-23-14)12-21(26)25-9-5-6-16-10-17-11-18(22(16)25)13-24-8-4-3-7-20(17)24/h10,17-18,20,22H,3-9,11-13H2,1-2H3/t17-,18-,20+,22+/m0/s1. The third kappa shape index (κ3) is 2.95. The van der Waals surface area contributed by atoms with Gasteiger partial charge in [0.1, 0.15) is 5.76 Å². The maximum absolute atomic E-state index is 13.3. The Morgan fingerprint density at radius 1 is 1.26 bits per heavy atom. The maximum atomic E-state index is 13.3. The molecule has 4 atom stereocenters. The molecule has 4 heterocycles. The molecule has 4 aliphatic rings. The molecule has 1 aromatic rings. The van der Waals surface area contributed by atoms with Crippen LogP contribution in [-0.2, 0) is 11.2 Å². The van der Waals surface area contributed by atoms with E-state index in [1.165, 1.54) is 45.2 Å². The number of fused-ring (bicyclic) bond motifs is 6. The summed E-state index contributed by atoms with van der Waals surface area (Å²) < 4.78 is 5.28. The van der Waals surface area contributed by atoms with Gasteiger partial charge in [0.05, 0.1) is 18.2 Å². The molecular formula is C22H31N3O2. The number of likely N-dealkylation sites (tertiary alicyclic amines) is 1. The number of hydrogen-bond donors (Lipinski definition) is 0. The van der Waals surface area contributed by atoms with Crippen LogP contribution in [-0.4, -0.2) is 52.6 Å². The summed E-state index contributed by atoms with van der Waals surface area (Å²) in [7, 11) is 0. The van der Waals surface area contributed by atoms with E-state index in [1.54, 1.807) is 5.57 Å². The molecule has 0 radical (unpaired) electrons. The van der Waals surface area contributed by atoms with Gasteiger partial charge < -0.3 is 9.42 Å². The van der Waals surface area contributed by atoms with Crippen molar-refractivity contribution in [2.24, 2.45) is 11.8 Å². The van der Waals surface area contributed by atoms with Crippen LogP contribution in [0, 0.1) is 25.7 Å². The minimum atomic E-state index is 0.249. The lowest BCUT2D eigenvalue weighted by molar-refractivity contribution is -0.135. The summed E-state index contributed by atoms with van der Waals surface area (Å²) in [5, 5.41) is 4.03. The van der Waals surface area contributed by atoms with Gasteiger partial charge in [0.25, 0.3) is 0 Å². The summed E-state index contributed by atoms with van der Waals surface area (Å²) in [6.07, 6.45) is 10.6. The maximum Gasteiger partial charge on any atom is 0.227 e. The van der Waals surface area contributed by atoms with E-state index >= 15 is 0 Å². The zero-order chi connectivity index (χ0) is 18.5. The van der Waals surface area contributed by atoms with E-state index in [0.29, 0.717) is 24.3 Å². The van der Waals surface area contributed by atoms with Crippen LogP contribution >= 0.6 is 0 Å². The number of nitrogens with zero attached hydrogens (tertiary/aromatic N) is 3. The van der Waals surface area contributed by atoms with Crippen LogP contribution in [0.3, 0.4) is 0 Å². The quantitative estimate of drug-likeness (QED) is 0.751. The Morgan fingerprint density at radius 3 is 2.96 bits per heavy atom. The fourth-order valence-corrected chi connectivity index (χ4v) is 6.26. The molecule has 2 bridgehead atoms. The molecule has 3 saturated heterocycles. The zero-order valence-electron chi connectivity index (χ0n) is 16.6. The van der Waals surface area contributed by atoms with Gasteiger partial charge in [-0.15, -0.1) is 0 Å². The van der Waals surface area contributed by atoms with Crippen molar-refractivity contribution >= 4 is 5.91 Å². The van der Waals surface area contributed by atoms with Crippen molar-refractivity contribution in [3.63, 3.8) is 0 Å². The molecular weight excluding hydrogens is 338 g/mol. The Labute approximate surface area is 161 Å². The van der Waals surface area contributed by atoms with Gasteiger partial charge in [0.15, 0.2) is 0 Å². The smallest absolute Gasteiger partial charge is 0.227 e. The lowest BCUT2D eigenvalue weighted by Gasteiger charge is -2.54. The van der Waals surface area contributed by atoms with E-state index in [-0.39, 0.29) is 5.91 Å². The van der Waals surface area contributed by atoms with Gasteiger partial charge in [0, 0.05) is 24.7 Å². The van der Waals surface area contributed by atoms with Crippen LogP contribution < -0.4 is 0 Å². The summed E-state index contributed by atoms with van der Waals surface area (Å²) in [5.41, 5.74) is 3.38. The van der Waals surface area contributed by atoms with E-state index in [2.05, 4.69) is 21.0 Å². The average Bonchev–Trinajstić information content (AvgIpc) is 2.99. The minimum absolute atomic E-state index is 0.249. The third-order valence-electron chi connectivity index (χ3n) is 7.49. The number of piperidine rings is 3. The Hall–Kier alpha value is -1.62. The lowest BCUT2D eigenvalue weighted by Crippen LogP contribution is -2.60. The Kier molecular flexibility index (Phi) is 4.38. The van der Waals surface area contributed by atoms with E-state index in [9.17, 15) is 4.79 Å². The SMILES string of the molecule is Cc1noc(C)c1CC(=O)N1CCCC2=C[C@H]3C[C@@H](CN4CCCC[C@H]34)[C@@H]21. The van der Waals surface area contributed by atoms with E-state index in [1.807, 2.05) is 13.8 Å². The summed E-state index contributed by atoms with van der Waals surface area (Å²) in [4.78, 5) is 18.2. The first-order valence-electron chi connectivity index (χ1n) is 10.8. The molecule has 3 aliphatic heterocycles. The average molecular weight is 370 g/mol. The van der Waals surface area contributed by atoms with Crippen molar-refractivity contribution in [1.29, 1.82) is 0 Å². The molecule has 0 saturated carbocycles. The largest absolute Gasteiger partial charge is 0.361 e. The van der Waals surface area contributed by atoms with Crippen LogP contribution in [0.25, 0.3) is 0 Å². The van der Waals surface area contributed by atoms with E-state index < -0.39 is 0 Å². The number of aryl methyl sites for hydroxylation is 2. The van der Waals surface area contributed by atoms with Crippen molar-refractivity contribution in [1.82, 2.24) is 15.0 Å². The first kappa shape index (κ1) is 17.5. The molecule has 0 aromatic carbocycles. The molecule has 1 amide bonds. The minimum Gasteiger partial charge on any atom is -0.361 e. The zero-order valence-corrected chi connectivity index (χ0v) is 16.6. The molecule has 5 rings (SSSR count). The highest BCUT2D eigenvalue weighted by Crippen LogP contribution is 2.45. The molecule has 1 aliphatic carbocycles. The molecule has 146 valence electrons. The van der Waals surface area contributed by atoms with Crippen molar-refractivity contribution in [2.75, 3.05) is 19.6 Å². The Morgan fingerprint density at radius 2 is 2.15 bits per heavy atom. The highest BCUT2D eigenvalue weighted by molar-refractivity contribution is 5.80. The fraction of sp³-hybridized carbons (Fsp3) is 0.727. The van der Waals surface area contributed by atoms with Gasteiger partial charge in [-0.2, -0.15) is 0 Å². The number of carbonyl (C=O) groups is 1. The topological polar surface area (TPSA) is 49.6 Å². The number of amides is 1. The second-order valence-corrected chi connectivity index (χ2v) is 9.07. The normalized spacial score (nSPS) is 33.3. The molecule has 3 fully saturated rings. The highest BCUT2D eigenvalue weighted by atomic mass is 16.5. The predicted molar refractivity (Wildman–Crippen MR) is 103 cm³/mol. The number of rotatable bonds is 2. The third-order valence-corrected chi connectivity index (χ3v) is 7.49. The molecule has 0 N–H and O–H groups in total.